The number of hydrogen-bond acceptors (Lipinski definition) is 3. The Kier molecular flexibility index (Phi) is 6.47. The van der Waals surface area contributed by atoms with Gasteiger partial charge < -0.3 is 4.74 Å². The summed E-state index contributed by atoms with van der Waals surface area (Å²) in [4.78, 5) is 12.8. The zero-order chi connectivity index (χ0) is 22.8. The second kappa shape index (κ2) is 8.76. The van der Waals surface area contributed by atoms with E-state index in [4.69, 9.17) is 16.3 Å². The van der Waals surface area contributed by atoms with Gasteiger partial charge in [0.2, 0.25) is 0 Å². The quantitative estimate of drug-likeness (QED) is 0.459. The van der Waals surface area contributed by atoms with E-state index in [0.29, 0.717) is 17.1 Å². The number of nitriles is 1. The molecule has 2 aromatic carbocycles. The zero-order valence-corrected chi connectivity index (χ0v) is 17.7. The smallest absolute Gasteiger partial charge is 0.426 e. The number of nitrogens with zero attached hydrogens (tertiary/aromatic N) is 1. The van der Waals surface area contributed by atoms with E-state index in [9.17, 15) is 23.2 Å². The predicted octanol–water partition coefficient (Wildman–Crippen LogP) is 7.00. The Morgan fingerprint density at radius 3 is 2.45 bits per heavy atom. The largest absolute Gasteiger partial charge is 0.457 e. The van der Waals surface area contributed by atoms with Gasteiger partial charge in [0, 0.05) is 12.3 Å². The monoisotopic (exact) mass is 447 g/mol. The minimum Gasteiger partial charge on any atom is -0.457 e. The molecular formula is C24H21ClF3NO2. The third kappa shape index (κ3) is 5.29. The van der Waals surface area contributed by atoms with Gasteiger partial charge in [-0.1, -0.05) is 61.9 Å². The number of ether oxygens (including phenoxy) is 1. The van der Waals surface area contributed by atoms with Gasteiger partial charge in [0.25, 0.3) is 0 Å². The van der Waals surface area contributed by atoms with Crippen LogP contribution in [0, 0.1) is 28.6 Å². The molecule has 3 nitrogen and oxygen atoms in total. The molecule has 0 aromatic heterocycles. The average molecular weight is 448 g/mol. The maximum absolute atomic E-state index is 12.8. The highest BCUT2D eigenvalue weighted by atomic mass is 35.5. The van der Waals surface area contributed by atoms with Crippen molar-refractivity contribution in [3.8, 4) is 17.6 Å². The number of hydrogen-bond donors (Lipinski definition) is 0. The lowest BCUT2D eigenvalue weighted by atomic mass is 9.92. The van der Waals surface area contributed by atoms with Gasteiger partial charge in [-0.15, -0.1) is 0 Å². The van der Waals surface area contributed by atoms with Crippen molar-refractivity contribution in [2.24, 2.45) is 17.3 Å². The van der Waals surface area contributed by atoms with Gasteiger partial charge in [0.1, 0.15) is 22.3 Å². The van der Waals surface area contributed by atoms with Crippen LogP contribution in [0.5, 0.6) is 11.5 Å². The van der Waals surface area contributed by atoms with Crippen LogP contribution in [0.4, 0.5) is 13.2 Å². The first-order valence-electron chi connectivity index (χ1n) is 9.73. The molecular weight excluding hydrogens is 427 g/mol. The average Bonchev–Trinajstić information content (AvgIpc) is 3.26. The molecule has 0 spiro atoms. The van der Waals surface area contributed by atoms with E-state index in [0.717, 1.165) is 6.08 Å². The van der Waals surface area contributed by atoms with Gasteiger partial charge in [0.15, 0.2) is 0 Å². The lowest BCUT2D eigenvalue weighted by Gasteiger charge is -2.12. The molecule has 0 aliphatic heterocycles. The van der Waals surface area contributed by atoms with Crippen molar-refractivity contribution in [2.75, 3.05) is 0 Å². The highest BCUT2D eigenvalue weighted by Gasteiger charge is 2.60. The highest BCUT2D eigenvalue weighted by molar-refractivity contribution is 6.30. The van der Waals surface area contributed by atoms with Crippen LogP contribution in [0.3, 0.4) is 0 Å². The van der Waals surface area contributed by atoms with E-state index in [1.54, 1.807) is 50.2 Å². The number of alkyl halides is 3. The second-order valence-corrected chi connectivity index (χ2v) is 8.58. The highest BCUT2D eigenvalue weighted by Crippen LogP contribution is 2.61. The first-order valence-corrected chi connectivity index (χ1v) is 10.1. The van der Waals surface area contributed by atoms with Crippen LogP contribution in [0.25, 0.3) is 0 Å². The summed E-state index contributed by atoms with van der Waals surface area (Å²) in [7, 11) is 0. The molecule has 1 saturated carbocycles. The molecule has 1 aliphatic rings. The Balaban J connectivity index is 1.72. The molecule has 3 atom stereocenters. The Labute approximate surface area is 184 Å². The molecule has 0 heterocycles. The van der Waals surface area contributed by atoms with Crippen molar-refractivity contribution in [1.82, 2.24) is 0 Å². The first kappa shape index (κ1) is 22.9. The molecule has 0 bridgehead atoms. The van der Waals surface area contributed by atoms with Crippen molar-refractivity contribution in [3.05, 3.63) is 71.3 Å². The van der Waals surface area contributed by atoms with Crippen LogP contribution in [0.2, 0.25) is 0 Å². The summed E-state index contributed by atoms with van der Waals surface area (Å²) in [6.07, 6.45) is -3.81. The van der Waals surface area contributed by atoms with Gasteiger partial charge in [0.05, 0.1) is 12.0 Å². The minimum atomic E-state index is -4.64. The normalized spacial score (nSPS) is 21.1. The fourth-order valence-electron chi connectivity index (χ4n) is 3.84. The van der Waals surface area contributed by atoms with Gasteiger partial charge in [-0.3, -0.25) is 4.79 Å². The van der Waals surface area contributed by atoms with Crippen LogP contribution in [0.1, 0.15) is 31.7 Å². The minimum absolute atomic E-state index is 0.0899. The van der Waals surface area contributed by atoms with Crippen LogP contribution in [0.15, 0.2) is 65.7 Å². The molecule has 2 aromatic rings. The molecule has 162 valence electrons. The molecule has 3 unspecified atom stereocenters. The van der Waals surface area contributed by atoms with Crippen LogP contribution >= 0.6 is 11.6 Å². The summed E-state index contributed by atoms with van der Waals surface area (Å²) in [5.41, 5.74) is -0.0241. The molecule has 3 rings (SSSR count). The van der Waals surface area contributed by atoms with Gasteiger partial charge in [-0.2, -0.15) is 18.4 Å². The summed E-state index contributed by atoms with van der Waals surface area (Å²) >= 11 is 5.36. The lowest BCUT2D eigenvalue weighted by molar-refractivity contribution is -0.121. The third-order valence-electron chi connectivity index (χ3n) is 5.65. The Bertz CT molecular complexity index is 1030. The van der Waals surface area contributed by atoms with Crippen molar-refractivity contribution >= 4 is 17.4 Å². The Hall–Kier alpha value is -2.78. The van der Waals surface area contributed by atoms with Crippen molar-refractivity contribution < 1.29 is 22.7 Å². The number of carbonyl (C=O) groups is 1. The molecule has 0 saturated heterocycles. The van der Waals surface area contributed by atoms with Crippen LogP contribution in [-0.2, 0) is 4.79 Å². The van der Waals surface area contributed by atoms with Crippen LogP contribution in [-0.4, -0.2) is 12.0 Å². The van der Waals surface area contributed by atoms with E-state index in [1.165, 1.54) is 0 Å². The molecule has 31 heavy (non-hydrogen) atoms. The number of ketones is 1. The molecule has 0 radical (unpaired) electrons. The van der Waals surface area contributed by atoms with Gasteiger partial charge in [-0.25, -0.2) is 0 Å². The Morgan fingerprint density at radius 1 is 1.19 bits per heavy atom. The van der Waals surface area contributed by atoms with Crippen molar-refractivity contribution in [3.63, 3.8) is 0 Å². The van der Waals surface area contributed by atoms with E-state index < -0.39 is 34.4 Å². The van der Waals surface area contributed by atoms with Crippen molar-refractivity contribution in [1.29, 1.82) is 5.26 Å². The fraction of sp³-hybridized carbons (Fsp3) is 0.333. The van der Waals surface area contributed by atoms with Crippen LogP contribution < -0.4 is 4.74 Å². The molecule has 0 N–H and O–H groups in total. The van der Waals surface area contributed by atoms with E-state index in [-0.39, 0.29) is 12.2 Å². The number of allylic oxidation sites excluding steroid dienone is 2. The number of Topliss-reactive ketones (excluding diaryl/α,β-unsaturated/α-hetero) is 1. The summed E-state index contributed by atoms with van der Waals surface area (Å²) in [6, 6.07) is 18.2. The number of benzene rings is 2. The van der Waals surface area contributed by atoms with E-state index >= 15 is 0 Å². The van der Waals surface area contributed by atoms with Crippen molar-refractivity contribution in [2.45, 2.75) is 32.4 Å². The third-order valence-corrected chi connectivity index (χ3v) is 6.00. The fourth-order valence-corrected chi connectivity index (χ4v) is 3.98. The number of para-hydroxylation sites is 1. The topological polar surface area (TPSA) is 50.1 Å². The number of carbonyl (C=O) groups excluding carboxylic acids is 1. The molecule has 1 fully saturated rings. The van der Waals surface area contributed by atoms with Gasteiger partial charge in [-0.05, 0) is 41.2 Å². The standard InChI is InChI=1S/C24H21ClF3NO2/c1-23(2)19(13-21(25)24(26,27)28)22(23)20(30)12-16(14-29)15-7-6-10-18(11-15)31-17-8-4-3-5-9-17/h3-11,13,16,19,22H,12H2,1-2H3/b21-13-. The lowest BCUT2D eigenvalue weighted by Crippen LogP contribution is -2.11. The van der Waals surface area contributed by atoms with E-state index in [2.05, 4.69) is 6.07 Å². The maximum atomic E-state index is 12.8. The van der Waals surface area contributed by atoms with E-state index in [1.807, 2.05) is 18.2 Å². The number of rotatable bonds is 7. The zero-order valence-electron chi connectivity index (χ0n) is 17.0. The summed E-state index contributed by atoms with van der Waals surface area (Å²) < 4.78 is 44.1. The summed E-state index contributed by atoms with van der Waals surface area (Å²) in [5, 5.41) is 8.42. The molecule has 1 aliphatic carbocycles. The summed E-state index contributed by atoms with van der Waals surface area (Å²) in [5.74, 6) is -1.03. The predicted molar refractivity (Wildman–Crippen MR) is 112 cm³/mol. The molecule has 0 amide bonds. The first-order chi connectivity index (χ1) is 14.5. The SMILES string of the molecule is CC1(C)C(/C=C(\Cl)C(F)(F)F)C1C(=O)CC(C#N)c1cccc(Oc2ccccc2)c1. The van der Waals surface area contributed by atoms with Gasteiger partial charge >= 0.3 is 6.18 Å². The molecule has 7 heteroatoms. The summed E-state index contributed by atoms with van der Waals surface area (Å²) in [6.45, 7) is 3.46. The number of halogens is 4. The second-order valence-electron chi connectivity index (χ2n) is 8.18. The Morgan fingerprint density at radius 2 is 1.84 bits per heavy atom. The maximum Gasteiger partial charge on any atom is 0.426 e.